The van der Waals surface area contributed by atoms with E-state index in [0.29, 0.717) is 19.6 Å². The van der Waals surface area contributed by atoms with Crippen molar-refractivity contribution in [2.75, 3.05) is 6.61 Å². The highest BCUT2D eigenvalue weighted by Gasteiger charge is 2.34. The Morgan fingerprint density at radius 1 is 1.63 bits per heavy atom. The van der Waals surface area contributed by atoms with Gasteiger partial charge in [0.1, 0.15) is 5.54 Å². The molecule has 0 radical (unpaired) electrons. The van der Waals surface area contributed by atoms with Crippen LogP contribution in [0.2, 0.25) is 0 Å². The Hall–Kier alpha value is -0.880. The summed E-state index contributed by atoms with van der Waals surface area (Å²) < 4.78 is 7.90. The number of hydrogen-bond donors (Lipinski definition) is 1. The van der Waals surface area contributed by atoms with Gasteiger partial charge >= 0.3 is 5.97 Å². The quantitative estimate of drug-likeness (QED) is 0.779. The number of nitrogens with one attached hydrogen (secondary N) is 1. The van der Waals surface area contributed by atoms with Crippen LogP contribution in [0.5, 0.6) is 0 Å². The lowest BCUT2D eigenvalue weighted by Gasteiger charge is -2.30. The Balaban J connectivity index is 2.70. The number of ether oxygens (including phenoxy) is 1. The van der Waals surface area contributed by atoms with Crippen molar-refractivity contribution in [2.45, 2.75) is 52.2 Å². The first kappa shape index (κ1) is 16.2. The fraction of sp³-hybridized carbons (Fsp3) is 0.692. The van der Waals surface area contributed by atoms with Gasteiger partial charge in [0, 0.05) is 18.8 Å². The zero-order valence-electron chi connectivity index (χ0n) is 11.9. The molecule has 0 aliphatic carbocycles. The number of aromatic nitrogens is 2. The van der Waals surface area contributed by atoms with Crippen molar-refractivity contribution in [1.29, 1.82) is 0 Å². The Labute approximate surface area is 122 Å². The van der Waals surface area contributed by atoms with Gasteiger partial charge in [0.05, 0.1) is 17.3 Å². The summed E-state index contributed by atoms with van der Waals surface area (Å²) in [5.74, 6) is -0.213. The number of halogens is 1. The average molecular weight is 332 g/mol. The third-order valence-electron chi connectivity index (χ3n) is 2.78. The summed E-state index contributed by atoms with van der Waals surface area (Å²) in [6.07, 6.45) is 4.25. The van der Waals surface area contributed by atoms with Gasteiger partial charge < -0.3 is 4.74 Å². The minimum atomic E-state index is -0.692. The fourth-order valence-electron chi connectivity index (χ4n) is 1.96. The molecule has 1 aromatic rings. The molecule has 108 valence electrons. The molecular formula is C13H22BrN3O2. The lowest BCUT2D eigenvalue weighted by molar-refractivity contribution is -0.151. The molecule has 0 aliphatic heterocycles. The van der Waals surface area contributed by atoms with Crippen LogP contribution >= 0.6 is 15.9 Å². The second-order valence-corrected chi connectivity index (χ2v) is 5.94. The molecule has 0 bridgehead atoms. The first-order valence-corrected chi connectivity index (χ1v) is 7.29. The van der Waals surface area contributed by atoms with Crippen LogP contribution in [0.3, 0.4) is 0 Å². The average Bonchev–Trinajstić information content (AvgIpc) is 2.72. The van der Waals surface area contributed by atoms with Crippen LogP contribution in [0, 0.1) is 0 Å². The van der Waals surface area contributed by atoms with E-state index in [1.165, 1.54) is 0 Å². The zero-order valence-corrected chi connectivity index (χ0v) is 13.5. The maximum atomic E-state index is 12.1. The van der Waals surface area contributed by atoms with Gasteiger partial charge in [0.15, 0.2) is 0 Å². The van der Waals surface area contributed by atoms with Crippen LogP contribution in [-0.2, 0) is 16.1 Å². The smallest absolute Gasteiger partial charge is 0.326 e. The van der Waals surface area contributed by atoms with Crippen molar-refractivity contribution in [3.8, 4) is 0 Å². The van der Waals surface area contributed by atoms with Crippen molar-refractivity contribution in [3.05, 3.63) is 16.9 Å². The summed E-state index contributed by atoms with van der Waals surface area (Å²) >= 11 is 3.36. The predicted molar refractivity (Wildman–Crippen MR) is 77.9 cm³/mol. The van der Waals surface area contributed by atoms with E-state index in [4.69, 9.17) is 4.74 Å². The number of esters is 1. The third-order valence-corrected chi connectivity index (χ3v) is 3.19. The van der Waals surface area contributed by atoms with Crippen molar-refractivity contribution in [1.82, 2.24) is 15.1 Å². The van der Waals surface area contributed by atoms with Crippen LogP contribution < -0.4 is 5.32 Å². The summed E-state index contributed by atoms with van der Waals surface area (Å²) in [7, 11) is 0. The predicted octanol–water partition coefficient (Wildman–Crippen LogP) is 2.36. The molecule has 19 heavy (non-hydrogen) atoms. The van der Waals surface area contributed by atoms with Crippen LogP contribution in [0.15, 0.2) is 16.9 Å². The van der Waals surface area contributed by atoms with Crippen molar-refractivity contribution in [2.24, 2.45) is 0 Å². The summed E-state index contributed by atoms with van der Waals surface area (Å²) in [4.78, 5) is 12.1. The molecule has 0 saturated heterocycles. The van der Waals surface area contributed by atoms with Gasteiger partial charge in [-0.2, -0.15) is 5.10 Å². The normalized spacial score (nSPS) is 14.4. The van der Waals surface area contributed by atoms with Crippen molar-refractivity contribution < 1.29 is 9.53 Å². The Morgan fingerprint density at radius 2 is 2.32 bits per heavy atom. The van der Waals surface area contributed by atoms with E-state index in [0.717, 1.165) is 4.47 Å². The molecule has 0 aliphatic rings. The molecule has 0 saturated carbocycles. The van der Waals surface area contributed by atoms with Crippen molar-refractivity contribution >= 4 is 21.9 Å². The SMILES string of the molecule is CCOC(=O)C(C)(CCn1cc(Br)cn1)NC(C)C. The van der Waals surface area contributed by atoms with E-state index in [-0.39, 0.29) is 12.0 Å². The largest absolute Gasteiger partial charge is 0.465 e. The Morgan fingerprint density at radius 3 is 2.79 bits per heavy atom. The van der Waals surface area contributed by atoms with Crippen molar-refractivity contribution in [3.63, 3.8) is 0 Å². The van der Waals surface area contributed by atoms with Crippen LogP contribution in [0.4, 0.5) is 0 Å². The standard InChI is InChI=1S/C13H22BrN3O2/c1-5-19-12(18)13(4,16-10(2)3)6-7-17-9-11(14)8-15-17/h8-10,16H,5-7H2,1-4H3. The van der Waals surface area contributed by atoms with Gasteiger partial charge in [-0.1, -0.05) is 0 Å². The summed E-state index contributed by atoms with van der Waals surface area (Å²) in [5, 5.41) is 7.48. The topological polar surface area (TPSA) is 56.2 Å². The number of carbonyl (C=O) groups is 1. The number of aryl methyl sites for hydroxylation is 1. The second-order valence-electron chi connectivity index (χ2n) is 5.02. The summed E-state index contributed by atoms with van der Waals surface area (Å²) in [6.45, 7) is 8.77. The molecule has 1 atom stereocenters. The van der Waals surface area contributed by atoms with Gasteiger partial charge in [-0.25, -0.2) is 0 Å². The van der Waals surface area contributed by atoms with Gasteiger partial charge in [-0.05, 0) is 50.0 Å². The number of hydrogen-bond acceptors (Lipinski definition) is 4. The van der Waals surface area contributed by atoms with E-state index < -0.39 is 5.54 Å². The van der Waals surface area contributed by atoms with E-state index in [1.54, 1.807) is 6.20 Å². The molecule has 1 rings (SSSR count). The van der Waals surface area contributed by atoms with Gasteiger partial charge in [-0.3, -0.25) is 14.8 Å². The molecule has 1 aromatic heterocycles. The Kier molecular flexibility index (Phi) is 6.00. The molecule has 0 amide bonds. The lowest BCUT2D eigenvalue weighted by atomic mass is 9.96. The Bertz CT molecular complexity index is 420. The second kappa shape index (κ2) is 7.05. The number of carbonyl (C=O) groups excluding carboxylic acids is 1. The molecule has 1 N–H and O–H groups in total. The summed E-state index contributed by atoms with van der Waals surface area (Å²) in [5.41, 5.74) is -0.692. The molecule has 6 heteroatoms. The van der Waals surface area contributed by atoms with Crippen LogP contribution in [0.1, 0.15) is 34.1 Å². The third kappa shape index (κ3) is 4.95. The molecule has 0 aromatic carbocycles. The van der Waals surface area contributed by atoms with E-state index in [9.17, 15) is 4.79 Å². The maximum Gasteiger partial charge on any atom is 0.326 e. The molecule has 5 nitrogen and oxygen atoms in total. The van der Waals surface area contributed by atoms with Crippen LogP contribution in [0.25, 0.3) is 0 Å². The zero-order chi connectivity index (χ0) is 14.5. The first-order valence-electron chi connectivity index (χ1n) is 6.50. The monoisotopic (exact) mass is 331 g/mol. The van der Waals surface area contributed by atoms with Gasteiger partial charge in [0.2, 0.25) is 0 Å². The molecular weight excluding hydrogens is 310 g/mol. The summed E-state index contributed by atoms with van der Waals surface area (Å²) in [6, 6.07) is 0.207. The van der Waals surface area contributed by atoms with E-state index in [1.807, 2.05) is 38.6 Å². The van der Waals surface area contributed by atoms with E-state index >= 15 is 0 Å². The maximum absolute atomic E-state index is 12.1. The minimum Gasteiger partial charge on any atom is -0.465 e. The van der Waals surface area contributed by atoms with Crippen LogP contribution in [-0.4, -0.2) is 33.9 Å². The molecule has 1 heterocycles. The number of nitrogens with zero attached hydrogens (tertiary/aromatic N) is 2. The first-order chi connectivity index (χ1) is 8.87. The van der Waals surface area contributed by atoms with E-state index in [2.05, 4.69) is 26.3 Å². The highest BCUT2D eigenvalue weighted by atomic mass is 79.9. The number of rotatable bonds is 7. The highest BCUT2D eigenvalue weighted by Crippen LogP contribution is 2.16. The lowest BCUT2D eigenvalue weighted by Crippen LogP contribution is -2.53. The highest BCUT2D eigenvalue weighted by molar-refractivity contribution is 9.10. The van der Waals surface area contributed by atoms with Gasteiger partial charge in [-0.15, -0.1) is 0 Å². The molecule has 0 spiro atoms. The minimum absolute atomic E-state index is 0.207. The molecule has 0 fully saturated rings. The fourth-order valence-corrected chi connectivity index (χ4v) is 2.29. The van der Waals surface area contributed by atoms with Gasteiger partial charge in [0.25, 0.3) is 0 Å². The molecule has 1 unspecified atom stereocenters.